The minimum Gasteiger partial charge on any atom is -0.480 e. The van der Waals surface area contributed by atoms with E-state index in [1.807, 2.05) is 0 Å². The van der Waals surface area contributed by atoms with Crippen molar-refractivity contribution in [3.05, 3.63) is 0 Å². The van der Waals surface area contributed by atoms with Gasteiger partial charge in [0.1, 0.15) is 6.04 Å². The number of hydrogen-bond donors (Lipinski definition) is 3. The molecule has 0 radical (unpaired) electrons. The topological polar surface area (TPSA) is 89.9 Å². The number of rotatable bonds is 4. The van der Waals surface area contributed by atoms with Gasteiger partial charge in [-0.3, -0.25) is 4.79 Å². The third-order valence-electron chi connectivity index (χ3n) is 4.52. The highest BCUT2D eigenvalue weighted by Gasteiger charge is 2.39. The Labute approximate surface area is 119 Å². The third-order valence-corrected chi connectivity index (χ3v) is 4.52. The number of aliphatic hydroxyl groups excluding tert-OH is 1. The van der Waals surface area contributed by atoms with Crippen LogP contribution in [-0.4, -0.2) is 58.8 Å². The molecule has 2 heterocycles. The molecule has 2 saturated heterocycles. The minimum atomic E-state index is -1.03. The molecule has 2 rings (SSSR count). The Morgan fingerprint density at radius 3 is 2.80 bits per heavy atom. The number of carbonyl (C=O) groups is 2. The zero-order valence-electron chi connectivity index (χ0n) is 11.9. The lowest BCUT2D eigenvalue weighted by atomic mass is 9.85. The molecule has 0 aromatic heterocycles. The van der Waals surface area contributed by atoms with Gasteiger partial charge in [-0.05, 0) is 37.8 Å². The molecular formula is C14H24N2O4. The summed E-state index contributed by atoms with van der Waals surface area (Å²) in [4.78, 5) is 24.8. The number of likely N-dealkylation sites (tertiary alicyclic amines) is 1. The van der Waals surface area contributed by atoms with E-state index < -0.39 is 18.1 Å². The molecule has 2 fully saturated rings. The predicted molar refractivity (Wildman–Crippen MR) is 73.1 cm³/mol. The highest BCUT2D eigenvalue weighted by Crippen LogP contribution is 2.26. The van der Waals surface area contributed by atoms with Gasteiger partial charge in [-0.15, -0.1) is 0 Å². The van der Waals surface area contributed by atoms with Crippen LogP contribution in [0.2, 0.25) is 0 Å². The zero-order valence-corrected chi connectivity index (χ0v) is 11.9. The summed E-state index contributed by atoms with van der Waals surface area (Å²) < 4.78 is 0. The van der Waals surface area contributed by atoms with E-state index in [2.05, 4.69) is 12.2 Å². The maximum atomic E-state index is 12.3. The van der Waals surface area contributed by atoms with E-state index in [9.17, 15) is 14.7 Å². The first kappa shape index (κ1) is 15.3. The van der Waals surface area contributed by atoms with Gasteiger partial charge in [0.2, 0.25) is 5.91 Å². The molecule has 0 saturated carbocycles. The zero-order chi connectivity index (χ0) is 14.7. The van der Waals surface area contributed by atoms with Gasteiger partial charge >= 0.3 is 5.97 Å². The maximum Gasteiger partial charge on any atom is 0.326 e. The molecule has 20 heavy (non-hydrogen) atoms. The second kappa shape index (κ2) is 6.54. The number of nitrogens with zero attached hydrogens (tertiary/aromatic N) is 1. The van der Waals surface area contributed by atoms with Crippen molar-refractivity contribution in [2.24, 2.45) is 11.8 Å². The van der Waals surface area contributed by atoms with Crippen LogP contribution >= 0.6 is 0 Å². The Morgan fingerprint density at radius 1 is 1.45 bits per heavy atom. The fourth-order valence-electron chi connectivity index (χ4n) is 3.25. The molecule has 6 nitrogen and oxygen atoms in total. The van der Waals surface area contributed by atoms with E-state index in [4.69, 9.17) is 5.11 Å². The van der Waals surface area contributed by atoms with E-state index in [1.165, 1.54) is 4.90 Å². The van der Waals surface area contributed by atoms with Crippen LogP contribution in [0.1, 0.15) is 32.6 Å². The molecule has 0 bridgehead atoms. The fourth-order valence-corrected chi connectivity index (χ4v) is 3.25. The van der Waals surface area contributed by atoms with Crippen LogP contribution in [-0.2, 0) is 9.59 Å². The molecule has 0 aromatic carbocycles. The predicted octanol–water partition coefficient (Wildman–Crippen LogP) is 0.0586. The Hall–Kier alpha value is -1.14. The molecule has 0 aliphatic carbocycles. The molecule has 0 spiro atoms. The van der Waals surface area contributed by atoms with E-state index in [-0.39, 0.29) is 24.8 Å². The summed E-state index contributed by atoms with van der Waals surface area (Å²) in [5.41, 5.74) is 0. The molecule has 114 valence electrons. The van der Waals surface area contributed by atoms with E-state index in [0.717, 1.165) is 25.9 Å². The summed E-state index contributed by atoms with van der Waals surface area (Å²) in [6, 6.07) is -0.866. The van der Waals surface area contributed by atoms with Gasteiger partial charge in [-0.2, -0.15) is 0 Å². The first-order chi connectivity index (χ1) is 9.49. The van der Waals surface area contributed by atoms with Crippen molar-refractivity contribution in [3.8, 4) is 0 Å². The molecule has 3 N–H and O–H groups in total. The lowest BCUT2D eigenvalue weighted by molar-refractivity contribution is -0.148. The van der Waals surface area contributed by atoms with Crippen LogP contribution < -0.4 is 5.32 Å². The molecule has 2 aliphatic heterocycles. The Kier molecular flexibility index (Phi) is 4.99. The lowest BCUT2D eigenvalue weighted by Gasteiger charge is -2.30. The second-order valence-corrected chi connectivity index (χ2v) is 6.08. The van der Waals surface area contributed by atoms with Gasteiger partial charge in [0, 0.05) is 19.4 Å². The average Bonchev–Trinajstić information content (AvgIpc) is 2.82. The number of carbonyl (C=O) groups excluding carboxylic acids is 1. The van der Waals surface area contributed by atoms with Crippen LogP contribution in [0.5, 0.6) is 0 Å². The molecule has 6 heteroatoms. The number of carboxylic acid groups (broad SMARTS) is 1. The van der Waals surface area contributed by atoms with Gasteiger partial charge in [-0.1, -0.05) is 6.92 Å². The fraction of sp³-hybridized carbons (Fsp3) is 0.857. The van der Waals surface area contributed by atoms with Crippen LogP contribution in [0.15, 0.2) is 0 Å². The highest BCUT2D eigenvalue weighted by atomic mass is 16.4. The van der Waals surface area contributed by atoms with Crippen molar-refractivity contribution < 1.29 is 19.8 Å². The van der Waals surface area contributed by atoms with Crippen molar-refractivity contribution in [2.45, 2.75) is 44.8 Å². The van der Waals surface area contributed by atoms with Crippen molar-refractivity contribution in [1.29, 1.82) is 0 Å². The molecule has 4 atom stereocenters. The van der Waals surface area contributed by atoms with Gasteiger partial charge < -0.3 is 20.4 Å². The number of carboxylic acids is 1. The summed E-state index contributed by atoms with van der Waals surface area (Å²) in [5.74, 6) is -0.458. The quantitative estimate of drug-likeness (QED) is 0.679. The van der Waals surface area contributed by atoms with Crippen LogP contribution in [0.4, 0.5) is 0 Å². The number of amides is 1. The number of hydrogen-bond acceptors (Lipinski definition) is 4. The van der Waals surface area contributed by atoms with Crippen molar-refractivity contribution in [2.75, 3.05) is 19.6 Å². The van der Waals surface area contributed by atoms with Crippen molar-refractivity contribution in [1.82, 2.24) is 10.2 Å². The summed E-state index contributed by atoms with van der Waals surface area (Å²) in [5, 5.41) is 22.0. The number of piperidine rings is 1. The molecule has 1 amide bonds. The normalized spacial score (nSPS) is 32.1. The summed E-state index contributed by atoms with van der Waals surface area (Å²) in [6.45, 7) is 4.17. The second-order valence-electron chi connectivity index (χ2n) is 6.08. The molecule has 0 aromatic rings. The van der Waals surface area contributed by atoms with Crippen molar-refractivity contribution in [3.63, 3.8) is 0 Å². The van der Waals surface area contributed by atoms with Gasteiger partial charge in [0.25, 0.3) is 0 Å². The van der Waals surface area contributed by atoms with Crippen LogP contribution in [0, 0.1) is 11.8 Å². The largest absolute Gasteiger partial charge is 0.480 e. The maximum absolute atomic E-state index is 12.3. The summed E-state index contributed by atoms with van der Waals surface area (Å²) in [7, 11) is 0. The Morgan fingerprint density at radius 2 is 2.20 bits per heavy atom. The van der Waals surface area contributed by atoms with Crippen LogP contribution in [0.3, 0.4) is 0 Å². The smallest absolute Gasteiger partial charge is 0.326 e. The summed E-state index contributed by atoms with van der Waals surface area (Å²) >= 11 is 0. The SMILES string of the molecule is CC(CC(=O)N1C[C@H](O)C[C@H]1C(=O)O)C1CCCNC1. The first-order valence-corrected chi connectivity index (χ1v) is 7.40. The van der Waals surface area contributed by atoms with E-state index >= 15 is 0 Å². The molecule has 2 aliphatic rings. The first-order valence-electron chi connectivity index (χ1n) is 7.40. The third kappa shape index (κ3) is 3.49. The monoisotopic (exact) mass is 284 g/mol. The standard InChI is InChI=1S/C14H24N2O4/c1-9(10-3-2-4-15-7-10)5-13(18)16-8-11(17)6-12(16)14(19)20/h9-12,15,17H,2-8H2,1H3,(H,19,20)/t9?,10?,11-,12+/m1/s1. The van der Waals surface area contributed by atoms with Gasteiger partial charge in [-0.25, -0.2) is 4.79 Å². The van der Waals surface area contributed by atoms with E-state index in [1.54, 1.807) is 0 Å². The number of aliphatic hydroxyl groups is 1. The number of aliphatic carboxylic acids is 1. The average molecular weight is 284 g/mol. The van der Waals surface area contributed by atoms with Gasteiger partial charge in [0.05, 0.1) is 6.10 Å². The lowest BCUT2D eigenvalue weighted by Crippen LogP contribution is -2.42. The van der Waals surface area contributed by atoms with E-state index in [0.29, 0.717) is 12.3 Å². The molecule has 2 unspecified atom stereocenters. The van der Waals surface area contributed by atoms with Gasteiger partial charge in [0.15, 0.2) is 0 Å². The Balaban J connectivity index is 1.91. The number of β-amino-alcohol motifs (C(OH)–C–C–N with tert-alkyl or cyclic N) is 1. The Bertz CT molecular complexity index is 368. The van der Waals surface area contributed by atoms with Crippen molar-refractivity contribution >= 4 is 11.9 Å². The number of nitrogens with one attached hydrogen (secondary N) is 1. The molecular weight excluding hydrogens is 260 g/mol. The minimum absolute atomic E-state index is 0.139. The van der Waals surface area contributed by atoms with Crippen LogP contribution in [0.25, 0.3) is 0 Å². The summed E-state index contributed by atoms with van der Waals surface area (Å²) in [6.07, 6.45) is 2.03. The highest BCUT2D eigenvalue weighted by molar-refractivity contribution is 5.84.